The van der Waals surface area contributed by atoms with Crippen LogP contribution in [0.4, 0.5) is 0 Å². The number of carbonyl (C=O) groups excluding carboxylic acids is 2. The molecule has 23 heavy (non-hydrogen) atoms. The van der Waals surface area contributed by atoms with E-state index in [9.17, 15) is 9.59 Å². The highest BCUT2D eigenvalue weighted by Crippen LogP contribution is 2.20. The summed E-state index contributed by atoms with van der Waals surface area (Å²) < 4.78 is 6.94. The Labute approximate surface area is 135 Å². The van der Waals surface area contributed by atoms with E-state index in [1.165, 1.54) is 0 Å². The molecule has 0 saturated heterocycles. The lowest BCUT2D eigenvalue weighted by atomic mass is 10.2. The fourth-order valence-corrected chi connectivity index (χ4v) is 2.43. The molecule has 124 valence electrons. The summed E-state index contributed by atoms with van der Waals surface area (Å²) in [7, 11) is 0. The number of nitrogens with one attached hydrogen (secondary N) is 2. The highest BCUT2D eigenvalue weighted by atomic mass is 16.5. The van der Waals surface area contributed by atoms with E-state index in [1.807, 2.05) is 39.2 Å². The number of aromatic nitrogens is 2. The predicted octanol–water partition coefficient (Wildman–Crippen LogP) is 1.64. The molecule has 2 amide bonds. The summed E-state index contributed by atoms with van der Waals surface area (Å²) >= 11 is 0. The fourth-order valence-electron chi connectivity index (χ4n) is 2.43. The molecule has 0 fully saturated rings. The first-order valence-electron chi connectivity index (χ1n) is 7.49. The minimum atomic E-state index is -0.288. The van der Waals surface area contributed by atoms with Crippen LogP contribution in [0.2, 0.25) is 0 Å². The SMILES string of the molecule is Cc1cc(-n2c(C)cc(C(=O)NCC(=O)NC(C)C)c2C)no1. The van der Waals surface area contributed by atoms with E-state index in [4.69, 9.17) is 4.52 Å². The van der Waals surface area contributed by atoms with Crippen molar-refractivity contribution in [2.75, 3.05) is 6.54 Å². The summed E-state index contributed by atoms with van der Waals surface area (Å²) in [6.07, 6.45) is 0. The summed E-state index contributed by atoms with van der Waals surface area (Å²) in [4.78, 5) is 23.9. The molecule has 2 aromatic heterocycles. The van der Waals surface area contributed by atoms with Gasteiger partial charge in [-0.05, 0) is 40.7 Å². The van der Waals surface area contributed by atoms with Crippen LogP contribution >= 0.6 is 0 Å². The number of rotatable bonds is 5. The second-order valence-electron chi connectivity index (χ2n) is 5.82. The van der Waals surface area contributed by atoms with Gasteiger partial charge in [0, 0.05) is 23.5 Å². The Morgan fingerprint density at radius 2 is 1.96 bits per heavy atom. The third-order valence-corrected chi connectivity index (χ3v) is 3.38. The number of carbonyl (C=O) groups is 2. The van der Waals surface area contributed by atoms with E-state index in [0.29, 0.717) is 17.1 Å². The molecular weight excluding hydrogens is 296 g/mol. The number of nitrogens with zero attached hydrogens (tertiary/aromatic N) is 2. The third-order valence-electron chi connectivity index (χ3n) is 3.38. The molecule has 7 heteroatoms. The van der Waals surface area contributed by atoms with Gasteiger partial charge in [0.15, 0.2) is 5.82 Å². The minimum Gasteiger partial charge on any atom is -0.360 e. The van der Waals surface area contributed by atoms with Crippen LogP contribution < -0.4 is 10.6 Å². The second-order valence-corrected chi connectivity index (χ2v) is 5.82. The lowest BCUT2D eigenvalue weighted by Crippen LogP contribution is -2.39. The monoisotopic (exact) mass is 318 g/mol. The van der Waals surface area contributed by atoms with Crippen molar-refractivity contribution in [2.24, 2.45) is 0 Å². The second kappa shape index (κ2) is 6.68. The van der Waals surface area contributed by atoms with Gasteiger partial charge in [0.1, 0.15) is 5.76 Å². The number of amides is 2. The van der Waals surface area contributed by atoms with Crippen molar-refractivity contribution >= 4 is 11.8 Å². The number of hydrogen-bond donors (Lipinski definition) is 2. The Balaban J connectivity index is 2.15. The van der Waals surface area contributed by atoms with Gasteiger partial charge in [-0.15, -0.1) is 0 Å². The summed E-state index contributed by atoms with van der Waals surface area (Å²) in [5.74, 6) is 0.829. The molecular formula is C16H22N4O3. The van der Waals surface area contributed by atoms with Crippen LogP contribution in [0.5, 0.6) is 0 Å². The van der Waals surface area contributed by atoms with Crippen LogP contribution in [0.15, 0.2) is 16.7 Å². The van der Waals surface area contributed by atoms with Crippen molar-refractivity contribution in [3.63, 3.8) is 0 Å². The average molecular weight is 318 g/mol. The zero-order chi connectivity index (χ0) is 17.1. The highest BCUT2D eigenvalue weighted by molar-refractivity contribution is 5.97. The first-order valence-corrected chi connectivity index (χ1v) is 7.49. The zero-order valence-corrected chi connectivity index (χ0v) is 14.1. The first kappa shape index (κ1) is 16.8. The first-order chi connectivity index (χ1) is 10.8. The van der Waals surface area contributed by atoms with Gasteiger partial charge in [0.25, 0.3) is 5.91 Å². The fraction of sp³-hybridized carbons (Fsp3) is 0.438. The summed E-state index contributed by atoms with van der Waals surface area (Å²) in [5.41, 5.74) is 2.13. The van der Waals surface area contributed by atoms with E-state index in [-0.39, 0.29) is 24.4 Å². The van der Waals surface area contributed by atoms with Crippen LogP contribution in [0.25, 0.3) is 5.82 Å². The maximum Gasteiger partial charge on any atom is 0.253 e. The van der Waals surface area contributed by atoms with Crippen molar-refractivity contribution in [3.8, 4) is 5.82 Å². The normalized spacial score (nSPS) is 10.9. The van der Waals surface area contributed by atoms with Crippen molar-refractivity contribution in [1.82, 2.24) is 20.4 Å². The van der Waals surface area contributed by atoms with Gasteiger partial charge >= 0.3 is 0 Å². The quantitative estimate of drug-likeness (QED) is 0.877. The number of aryl methyl sites for hydroxylation is 2. The molecule has 0 aliphatic heterocycles. The Kier molecular flexibility index (Phi) is 4.88. The van der Waals surface area contributed by atoms with Gasteiger partial charge in [0.2, 0.25) is 5.91 Å². The molecule has 0 atom stereocenters. The van der Waals surface area contributed by atoms with Crippen molar-refractivity contribution in [1.29, 1.82) is 0 Å². The zero-order valence-electron chi connectivity index (χ0n) is 14.1. The van der Waals surface area contributed by atoms with Crippen LogP contribution in [-0.2, 0) is 4.79 Å². The van der Waals surface area contributed by atoms with Crippen LogP contribution in [-0.4, -0.2) is 34.1 Å². The molecule has 0 bridgehead atoms. The van der Waals surface area contributed by atoms with Gasteiger partial charge in [-0.3, -0.25) is 14.2 Å². The van der Waals surface area contributed by atoms with E-state index in [0.717, 1.165) is 11.4 Å². The van der Waals surface area contributed by atoms with Crippen LogP contribution in [0.1, 0.15) is 41.4 Å². The molecule has 0 aromatic carbocycles. The molecule has 2 rings (SSSR count). The predicted molar refractivity (Wildman–Crippen MR) is 85.7 cm³/mol. The van der Waals surface area contributed by atoms with E-state index < -0.39 is 0 Å². The summed E-state index contributed by atoms with van der Waals surface area (Å²) in [6.45, 7) is 9.22. The van der Waals surface area contributed by atoms with Crippen molar-refractivity contribution in [2.45, 2.75) is 40.7 Å². The molecule has 0 aliphatic rings. The molecule has 0 spiro atoms. The summed E-state index contributed by atoms with van der Waals surface area (Å²) in [5, 5.41) is 9.34. The molecule has 0 unspecified atom stereocenters. The Hall–Kier alpha value is -2.57. The lowest BCUT2D eigenvalue weighted by molar-refractivity contribution is -0.120. The van der Waals surface area contributed by atoms with Gasteiger partial charge in [-0.2, -0.15) is 0 Å². The Morgan fingerprint density at radius 3 is 2.52 bits per heavy atom. The molecule has 2 heterocycles. The molecule has 0 saturated carbocycles. The highest BCUT2D eigenvalue weighted by Gasteiger charge is 2.18. The Morgan fingerprint density at radius 1 is 1.26 bits per heavy atom. The van der Waals surface area contributed by atoms with Gasteiger partial charge in [-0.25, -0.2) is 0 Å². The molecule has 2 aromatic rings. The maximum absolute atomic E-state index is 12.3. The third kappa shape index (κ3) is 3.80. The van der Waals surface area contributed by atoms with Crippen LogP contribution in [0.3, 0.4) is 0 Å². The number of hydrogen-bond acceptors (Lipinski definition) is 4. The molecule has 0 radical (unpaired) electrons. The van der Waals surface area contributed by atoms with E-state index in [1.54, 1.807) is 12.1 Å². The summed E-state index contributed by atoms with van der Waals surface area (Å²) in [6, 6.07) is 3.62. The topological polar surface area (TPSA) is 89.2 Å². The van der Waals surface area contributed by atoms with E-state index >= 15 is 0 Å². The van der Waals surface area contributed by atoms with E-state index in [2.05, 4.69) is 15.8 Å². The minimum absolute atomic E-state index is 0.0415. The average Bonchev–Trinajstić information content (AvgIpc) is 2.99. The maximum atomic E-state index is 12.3. The molecule has 7 nitrogen and oxygen atoms in total. The largest absolute Gasteiger partial charge is 0.360 e. The van der Waals surface area contributed by atoms with Gasteiger partial charge in [-0.1, -0.05) is 5.16 Å². The lowest BCUT2D eigenvalue weighted by Gasteiger charge is -2.09. The van der Waals surface area contributed by atoms with Crippen LogP contribution in [0, 0.1) is 20.8 Å². The standard InChI is InChI=1S/C16H22N4O3/c1-9(2)18-15(21)8-17-16(22)13-6-10(3)20(12(13)5)14-7-11(4)23-19-14/h6-7,9H,8H2,1-5H3,(H,17,22)(H,18,21). The van der Waals surface area contributed by atoms with Gasteiger partial charge in [0.05, 0.1) is 12.1 Å². The smallest absolute Gasteiger partial charge is 0.253 e. The van der Waals surface area contributed by atoms with Crippen molar-refractivity contribution in [3.05, 3.63) is 34.8 Å². The Bertz CT molecular complexity index is 728. The van der Waals surface area contributed by atoms with Crippen molar-refractivity contribution < 1.29 is 14.1 Å². The molecule has 0 aliphatic carbocycles. The molecule has 2 N–H and O–H groups in total. The van der Waals surface area contributed by atoms with Gasteiger partial charge < -0.3 is 15.2 Å².